The van der Waals surface area contributed by atoms with Crippen molar-refractivity contribution in [1.82, 2.24) is 15.5 Å². The minimum absolute atomic E-state index is 0.306. The second-order valence-electron chi connectivity index (χ2n) is 8.08. The van der Waals surface area contributed by atoms with Gasteiger partial charge < -0.3 is 29.9 Å². The van der Waals surface area contributed by atoms with Crippen molar-refractivity contribution in [3.05, 3.63) is 0 Å². The monoisotopic (exact) mass is 383 g/mol. The molecule has 2 rings (SSSR count). The lowest BCUT2D eigenvalue weighted by Gasteiger charge is -2.30. The zero-order valence-electron chi connectivity index (χ0n) is 16.5. The molecule has 9 nitrogen and oxygen atoms in total. The van der Waals surface area contributed by atoms with Gasteiger partial charge >= 0.3 is 13.2 Å². The van der Waals surface area contributed by atoms with Crippen molar-refractivity contribution in [1.29, 1.82) is 0 Å². The third kappa shape index (κ3) is 6.10. The maximum Gasteiger partial charge on any atom is 0.478 e. The summed E-state index contributed by atoms with van der Waals surface area (Å²) in [4.78, 5) is 38.7. The van der Waals surface area contributed by atoms with E-state index in [2.05, 4.69) is 10.6 Å². The van der Waals surface area contributed by atoms with Gasteiger partial charge in [0.2, 0.25) is 11.8 Å². The molecule has 2 aliphatic heterocycles. The average Bonchev–Trinajstić information content (AvgIpc) is 3.04. The van der Waals surface area contributed by atoms with Crippen LogP contribution in [-0.4, -0.2) is 71.7 Å². The van der Waals surface area contributed by atoms with Gasteiger partial charge in [-0.3, -0.25) is 9.59 Å². The van der Waals surface area contributed by atoms with E-state index in [4.69, 9.17) is 9.39 Å². The molecule has 10 heteroatoms. The predicted octanol–water partition coefficient (Wildman–Crippen LogP) is 0.206. The Hall–Kier alpha value is -1.81. The van der Waals surface area contributed by atoms with Crippen LogP contribution in [0.15, 0.2) is 0 Å². The largest absolute Gasteiger partial charge is 0.478 e. The normalized spacial score (nSPS) is 24.3. The van der Waals surface area contributed by atoms with Crippen LogP contribution < -0.4 is 10.6 Å². The topological polar surface area (TPSA) is 117 Å². The third-order valence-corrected chi connectivity index (χ3v) is 4.56. The smallest absolute Gasteiger partial charge is 0.444 e. The van der Waals surface area contributed by atoms with Gasteiger partial charge in [0.1, 0.15) is 17.7 Å². The SMILES string of the molecule is CC(NC(=O)OC(C)(C)C)C(=O)N1CCCC1C(=O)NC1CCCOB1O. The summed E-state index contributed by atoms with van der Waals surface area (Å²) in [5, 5.41) is 15.1. The number of carbonyl (C=O) groups excluding carboxylic acids is 3. The molecule has 0 spiro atoms. The van der Waals surface area contributed by atoms with Crippen LogP contribution in [0.3, 0.4) is 0 Å². The highest BCUT2D eigenvalue weighted by Crippen LogP contribution is 2.20. The van der Waals surface area contributed by atoms with Crippen molar-refractivity contribution in [3.8, 4) is 0 Å². The molecular weight excluding hydrogens is 353 g/mol. The molecule has 27 heavy (non-hydrogen) atoms. The summed E-state index contributed by atoms with van der Waals surface area (Å²) in [5.41, 5.74) is -0.661. The van der Waals surface area contributed by atoms with Crippen LogP contribution >= 0.6 is 0 Å². The predicted molar refractivity (Wildman–Crippen MR) is 98.7 cm³/mol. The second-order valence-corrected chi connectivity index (χ2v) is 8.08. The highest BCUT2D eigenvalue weighted by Gasteiger charge is 2.39. The van der Waals surface area contributed by atoms with Crippen LogP contribution in [0.25, 0.3) is 0 Å². The van der Waals surface area contributed by atoms with Gasteiger partial charge in [0.05, 0.1) is 5.94 Å². The van der Waals surface area contributed by atoms with Gasteiger partial charge in [-0.2, -0.15) is 0 Å². The molecule has 0 saturated carbocycles. The molecule has 3 amide bonds. The Labute approximate surface area is 160 Å². The van der Waals surface area contributed by atoms with E-state index in [0.717, 1.165) is 6.42 Å². The molecule has 2 aliphatic rings. The molecule has 152 valence electrons. The van der Waals surface area contributed by atoms with E-state index in [1.165, 1.54) is 4.90 Å². The van der Waals surface area contributed by atoms with E-state index in [1.807, 2.05) is 0 Å². The molecular formula is C17H30BN3O6. The summed E-state index contributed by atoms with van der Waals surface area (Å²) in [6.07, 6.45) is 1.95. The van der Waals surface area contributed by atoms with Gasteiger partial charge in [-0.1, -0.05) is 0 Å². The van der Waals surface area contributed by atoms with Gasteiger partial charge in [-0.25, -0.2) is 4.79 Å². The zero-order valence-corrected chi connectivity index (χ0v) is 16.5. The lowest BCUT2D eigenvalue weighted by Crippen LogP contribution is -2.57. The molecule has 2 saturated heterocycles. The maximum atomic E-state index is 12.7. The van der Waals surface area contributed by atoms with Crippen molar-refractivity contribution in [2.75, 3.05) is 13.2 Å². The van der Waals surface area contributed by atoms with Crippen LogP contribution in [0.2, 0.25) is 0 Å². The van der Waals surface area contributed by atoms with Crippen LogP contribution in [0.5, 0.6) is 0 Å². The van der Waals surface area contributed by atoms with E-state index in [-0.39, 0.29) is 11.8 Å². The number of carbonyl (C=O) groups is 3. The van der Waals surface area contributed by atoms with Gasteiger partial charge in [0.25, 0.3) is 0 Å². The first-order chi connectivity index (χ1) is 12.6. The Kier molecular flexibility index (Phi) is 7.10. The Bertz CT molecular complexity index is 567. The fraction of sp³-hybridized carbons (Fsp3) is 0.824. The highest BCUT2D eigenvalue weighted by atomic mass is 16.6. The zero-order chi connectivity index (χ0) is 20.2. The number of alkyl carbamates (subject to hydrolysis) is 1. The van der Waals surface area contributed by atoms with E-state index < -0.39 is 36.8 Å². The molecule has 0 aromatic carbocycles. The van der Waals surface area contributed by atoms with Crippen LogP contribution in [0.4, 0.5) is 4.79 Å². The third-order valence-electron chi connectivity index (χ3n) is 4.56. The van der Waals surface area contributed by atoms with Crippen LogP contribution in [0.1, 0.15) is 53.4 Å². The Balaban J connectivity index is 1.92. The molecule has 0 aromatic heterocycles. The molecule has 2 heterocycles. The van der Waals surface area contributed by atoms with Crippen molar-refractivity contribution >= 4 is 25.0 Å². The quantitative estimate of drug-likeness (QED) is 0.598. The number of likely N-dealkylation sites (tertiary alicyclic amines) is 1. The first-order valence-corrected chi connectivity index (χ1v) is 9.48. The summed E-state index contributed by atoms with van der Waals surface area (Å²) in [6, 6.07) is -1.42. The van der Waals surface area contributed by atoms with E-state index in [0.29, 0.717) is 32.4 Å². The van der Waals surface area contributed by atoms with Crippen LogP contribution in [0, 0.1) is 0 Å². The highest BCUT2D eigenvalue weighted by molar-refractivity contribution is 6.45. The number of hydrogen-bond acceptors (Lipinski definition) is 6. The minimum atomic E-state index is -1.03. The summed E-state index contributed by atoms with van der Waals surface area (Å²) in [5.74, 6) is -1.11. The lowest BCUT2D eigenvalue weighted by atomic mass is 9.74. The standard InChI is InChI=1S/C17H30BN3O6/c1-11(19-16(24)27-17(2,3)4)15(23)21-9-5-7-12(21)14(22)20-13-8-6-10-26-18(13)25/h11-13,25H,5-10H2,1-4H3,(H,19,24)(H,20,22). The van der Waals surface area contributed by atoms with Gasteiger partial charge in [0, 0.05) is 13.2 Å². The first kappa shape index (κ1) is 21.5. The Morgan fingerprint density at radius 3 is 2.59 bits per heavy atom. The van der Waals surface area contributed by atoms with Gasteiger partial charge in [-0.05, 0) is 53.4 Å². The fourth-order valence-electron chi connectivity index (χ4n) is 3.29. The average molecular weight is 383 g/mol. The van der Waals surface area contributed by atoms with Crippen molar-refractivity contribution < 1.29 is 28.8 Å². The van der Waals surface area contributed by atoms with Gasteiger partial charge in [0.15, 0.2) is 0 Å². The maximum absolute atomic E-state index is 12.7. The second kappa shape index (κ2) is 8.92. The molecule has 2 fully saturated rings. The molecule has 0 bridgehead atoms. The molecule has 0 radical (unpaired) electrons. The number of nitrogens with one attached hydrogen (secondary N) is 2. The molecule has 0 aliphatic carbocycles. The Morgan fingerprint density at radius 2 is 1.96 bits per heavy atom. The number of ether oxygens (including phenoxy) is 1. The molecule has 3 atom stereocenters. The lowest BCUT2D eigenvalue weighted by molar-refractivity contribution is -0.139. The van der Waals surface area contributed by atoms with Crippen molar-refractivity contribution in [3.63, 3.8) is 0 Å². The molecule has 3 N–H and O–H groups in total. The minimum Gasteiger partial charge on any atom is -0.444 e. The number of rotatable bonds is 4. The summed E-state index contributed by atoms with van der Waals surface area (Å²) in [6.45, 7) is 7.70. The van der Waals surface area contributed by atoms with E-state index in [1.54, 1.807) is 27.7 Å². The number of amides is 3. The molecule has 0 aromatic rings. The summed E-state index contributed by atoms with van der Waals surface area (Å²) < 4.78 is 10.3. The number of hydrogen-bond donors (Lipinski definition) is 3. The number of nitrogens with zero attached hydrogens (tertiary/aromatic N) is 1. The fourth-order valence-corrected chi connectivity index (χ4v) is 3.29. The Morgan fingerprint density at radius 1 is 1.26 bits per heavy atom. The van der Waals surface area contributed by atoms with Gasteiger partial charge in [-0.15, -0.1) is 0 Å². The summed E-state index contributed by atoms with van der Waals surface area (Å²) in [7, 11) is -1.03. The van der Waals surface area contributed by atoms with E-state index >= 15 is 0 Å². The van der Waals surface area contributed by atoms with E-state index in [9.17, 15) is 19.4 Å². The summed E-state index contributed by atoms with van der Waals surface area (Å²) >= 11 is 0. The molecule has 3 unspecified atom stereocenters. The first-order valence-electron chi connectivity index (χ1n) is 9.48. The van der Waals surface area contributed by atoms with Crippen molar-refractivity contribution in [2.45, 2.75) is 77.0 Å². The van der Waals surface area contributed by atoms with Crippen molar-refractivity contribution in [2.24, 2.45) is 0 Å². The van der Waals surface area contributed by atoms with Crippen LogP contribution in [-0.2, 0) is 19.0 Å².